The van der Waals surface area contributed by atoms with Gasteiger partial charge in [0.15, 0.2) is 6.61 Å². The lowest BCUT2D eigenvalue weighted by Crippen LogP contribution is -2.28. The maximum Gasteiger partial charge on any atom is 0.338 e. The highest BCUT2D eigenvalue weighted by Gasteiger charge is 2.12. The van der Waals surface area contributed by atoms with Gasteiger partial charge in [0, 0.05) is 0 Å². The minimum atomic E-state index is -0.455. The van der Waals surface area contributed by atoms with Crippen LogP contribution < -0.4 is 15.8 Å². The van der Waals surface area contributed by atoms with E-state index < -0.39 is 5.97 Å². The summed E-state index contributed by atoms with van der Waals surface area (Å²) in [7, 11) is 0. The summed E-state index contributed by atoms with van der Waals surface area (Å²) < 4.78 is 15.6. The average molecular weight is 332 g/mol. The van der Waals surface area contributed by atoms with E-state index in [2.05, 4.69) is 5.32 Å². The fraction of sp³-hybridized carbons (Fsp3) is 0.294. The van der Waals surface area contributed by atoms with Gasteiger partial charge < -0.3 is 24.9 Å². The van der Waals surface area contributed by atoms with E-state index in [4.69, 9.17) is 19.6 Å². The maximum atomic E-state index is 11.8. The molecule has 7 heteroatoms. The number of nitrogen functional groups attached to an aromatic ring is 1. The molecule has 0 saturated carbocycles. The predicted octanol–water partition coefficient (Wildman–Crippen LogP) is 2.12. The van der Waals surface area contributed by atoms with Gasteiger partial charge in [-0.1, -0.05) is 6.92 Å². The molecule has 0 aliphatic heterocycles. The van der Waals surface area contributed by atoms with Gasteiger partial charge in [-0.3, -0.25) is 4.79 Å². The Morgan fingerprint density at radius 2 is 2.12 bits per heavy atom. The molecular weight excluding hydrogens is 312 g/mol. The van der Waals surface area contributed by atoms with E-state index in [9.17, 15) is 9.59 Å². The summed E-state index contributed by atoms with van der Waals surface area (Å²) in [5.74, 6) is 0.117. The SMILES string of the molecule is CCCOC(=O)c1ccc(N)c(OCC(=O)NCc2ccco2)c1. The van der Waals surface area contributed by atoms with Crippen molar-refractivity contribution < 1.29 is 23.5 Å². The Balaban J connectivity index is 1.88. The molecule has 0 fully saturated rings. The third-order valence-corrected chi connectivity index (χ3v) is 3.09. The van der Waals surface area contributed by atoms with Gasteiger partial charge in [0.25, 0.3) is 5.91 Å². The number of amides is 1. The number of anilines is 1. The Morgan fingerprint density at radius 3 is 2.83 bits per heavy atom. The predicted molar refractivity (Wildman–Crippen MR) is 87.5 cm³/mol. The lowest BCUT2D eigenvalue weighted by atomic mass is 10.2. The lowest BCUT2D eigenvalue weighted by Gasteiger charge is -2.10. The Labute approximate surface area is 139 Å². The first-order valence-electron chi connectivity index (χ1n) is 7.58. The zero-order valence-corrected chi connectivity index (χ0v) is 13.4. The molecular formula is C17H20N2O5. The molecule has 0 aliphatic rings. The number of nitrogens with two attached hydrogens (primary N) is 1. The van der Waals surface area contributed by atoms with Crippen molar-refractivity contribution >= 4 is 17.6 Å². The molecule has 2 rings (SSSR count). The normalized spacial score (nSPS) is 10.2. The van der Waals surface area contributed by atoms with Crippen molar-refractivity contribution in [1.82, 2.24) is 5.32 Å². The van der Waals surface area contributed by atoms with Crippen molar-refractivity contribution in [3.05, 3.63) is 47.9 Å². The summed E-state index contributed by atoms with van der Waals surface area (Å²) in [5.41, 5.74) is 6.46. The van der Waals surface area contributed by atoms with Crippen molar-refractivity contribution in [3.8, 4) is 5.75 Å². The van der Waals surface area contributed by atoms with Crippen molar-refractivity contribution in [2.45, 2.75) is 19.9 Å². The number of benzene rings is 1. The Kier molecular flexibility index (Phi) is 6.24. The van der Waals surface area contributed by atoms with Gasteiger partial charge in [-0.2, -0.15) is 0 Å². The van der Waals surface area contributed by atoms with Crippen LogP contribution in [0.5, 0.6) is 5.75 Å². The highest BCUT2D eigenvalue weighted by molar-refractivity contribution is 5.90. The second-order valence-electron chi connectivity index (χ2n) is 5.03. The van der Waals surface area contributed by atoms with Gasteiger partial charge in [-0.25, -0.2) is 4.79 Å². The van der Waals surface area contributed by atoms with Crippen molar-refractivity contribution in [2.75, 3.05) is 18.9 Å². The molecule has 0 atom stereocenters. The minimum absolute atomic E-state index is 0.224. The monoisotopic (exact) mass is 332 g/mol. The summed E-state index contributed by atoms with van der Waals surface area (Å²) in [5, 5.41) is 2.65. The number of rotatable bonds is 8. The van der Waals surface area contributed by atoms with E-state index in [0.717, 1.165) is 6.42 Å². The first kappa shape index (κ1) is 17.4. The topological polar surface area (TPSA) is 104 Å². The van der Waals surface area contributed by atoms with Crippen LogP contribution in [0.25, 0.3) is 0 Å². The summed E-state index contributed by atoms with van der Waals surface area (Å²) in [4.78, 5) is 23.6. The quantitative estimate of drug-likeness (QED) is 0.567. The standard InChI is InChI=1S/C17H20N2O5/c1-2-7-23-17(21)12-5-6-14(18)15(9-12)24-11-16(20)19-10-13-4-3-8-22-13/h3-6,8-9H,2,7,10-11,18H2,1H3,(H,19,20). The molecule has 1 aromatic heterocycles. The molecule has 0 unspecified atom stereocenters. The van der Waals surface area contributed by atoms with E-state index in [1.807, 2.05) is 6.92 Å². The number of furan rings is 1. The molecule has 1 heterocycles. The van der Waals surface area contributed by atoms with Gasteiger partial charge in [0.1, 0.15) is 11.5 Å². The maximum absolute atomic E-state index is 11.8. The minimum Gasteiger partial charge on any atom is -0.482 e. The van der Waals surface area contributed by atoms with Crippen molar-refractivity contribution in [3.63, 3.8) is 0 Å². The molecule has 1 aromatic carbocycles. The zero-order chi connectivity index (χ0) is 17.4. The number of hydrogen-bond donors (Lipinski definition) is 2. The molecule has 24 heavy (non-hydrogen) atoms. The Morgan fingerprint density at radius 1 is 1.29 bits per heavy atom. The second kappa shape index (κ2) is 8.61. The lowest BCUT2D eigenvalue weighted by molar-refractivity contribution is -0.123. The number of carbonyl (C=O) groups is 2. The fourth-order valence-corrected chi connectivity index (χ4v) is 1.86. The smallest absolute Gasteiger partial charge is 0.338 e. The average Bonchev–Trinajstić information content (AvgIpc) is 3.10. The first-order valence-corrected chi connectivity index (χ1v) is 7.58. The van der Waals surface area contributed by atoms with E-state index in [1.54, 1.807) is 24.3 Å². The van der Waals surface area contributed by atoms with Crippen LogP contribution in [0.1, 0.15) is 29.5 Å². The summed E-state index contributed by atoms with van der Waals surface area (Å²) >= 11 is 0. The van der Waals surface area contributed by atoms with Crippen molar-refractivity contribution in [2.24, 2.45) is 0 Å². The molecule has 0 bridgehead atoms. The number of ether oxygens (including phenoxy) is 2. The van der Waals surface area contributed by atoms with Gasteiger partial charge in [0.05, 0.1) is 30.7 Å². The zero-order valence-electron chi connectivity index (χ0n) is 13.4. The van der Waals surface area contributed by atoms with Gasteiger partial charge in [-0.15, -0.1) is 0 Å². The molecule has 0 radical (unpaired) electrons. The summed E-state index contributed by atoms with van der Waals surface area (Å²) in [6.07, 6.45) is 2.27. The molecule has 0 saturated heterocycles. The first-order chi connectivity index (χ1) is 11.6. The highest BCUT2D eigenvalue weighted by atomic mass is 16.5. The van der Waals surface area contributed by atoms with Crippen molar-refractivity contribution in [1.29, 1.82) is 0 Å². The molecule has 128 valence electrons. The largest absolute Gasteiger partial charge is 0.482 e. The van der Waals surface area contributed by atoms with Crippen LogP contribution in [-0.4, -0.2) is 25.1 Å². The van der Waals surface area contributed by atoms with E-state index in [-0.39, 0.29) is 24.8 Å². The second-order valence-corrected chi connectivity index (χ2v) is 5.03. The van der Waals surface area contributed by atoms with Crippen LogP contribution in [0.4, 0.5) is 5.69 Å². The van der Waals surface area contributed by atoms with Gasteiger partial charge in [-0.05, 0) is 36.8 Å². The molecule has 1 amide bonds. The number of esters is 1. The Hall–Kier alpha value is -2.96. The number of nitrogens with one attached hydrogen (secondary N) is 1. The fourth-order valence-electron chi connectivity index (χ4n) is 1.86. The van der Waals surface area contributed by atoms with Crippen LogP contribution in [0.15, 0.2) is 41.0 Å². The number of hydrogen-bond acceptors (Lipinski definition) is 6. The van der Waals surface area contributed by atoms with Crippen LogP contribution in [0, 0.1) is 0 Å². The molecule has 7 nitrogen and oxygen atoms in total. The van der Waals surface area contributed by atoms with Crippen LogP contribution in [-0.2, 0) is 16.1 Å². The molecule has 0 spiro atoms. The third-order valence-electron chi connectivity index (χ3n) is 3.09. The van der Waals surface area contributed by atoms with Gasteiger partial charge >= 0.3 is 5.97 Å². The van der Waals surface area contributed by atoms with Crippen LogP contribution >= 0.6 is 0 Å². The van der Waals surface area contributed by atoms with Crippen LogP contribution in [0.2, 0.25) is 0 Å². The molecule has 3 N–H and O–H groups in total. The molecule has 0 aliphatic carbocycles. The van der Waals surface area contributed by atoms with E-state index >= 15 is 0 Å². The summed E-state index contributed by atoms with van der Waals surface area (Å²) in [6, 6.07) is 8.05. The Bertz CT molecular complexity index is 682. The van der Waals surface area contributed by atoms with E-state index in [1.165, 1.54) is 12.3 Å². The van der Waals surface area contributed by atoms with E-state index in [0.29, 0.717) is 23.6 Å². The highest BCUT2D eigenvalue weighted by Crippen LogP contribution is 2.23. The van der Waals surface area contributed by atoms with Crippen LogP contribution in [0.3, 0.4) is 0 Å². The summed E-state index contributed by atoms with van der Waals surface area (Å²) in [6.45, 7) is 2.30. The van der Waals surface area contributed by atoms with Gasteiger partial charge in [0.2, 0.25) is 0 Å². The number of carbonyl (C=O) groups excluding carboxylic acids is 2. The molecule has 2 aromatic rings. The third kappa shape index (κ3) is 5.05.